The van der Waals surface area contributed by atoms with Crippen molar-refractivity contribution in [1.29, 1.82) is 0 Å². The van der Waals surface area contributed by atoms with Gasteiger partial charge in [0.15, 0.2) is 18.0 Å². The van der Waals surface area contributed by atoms with Crippen LogP contribution in [0.15, 0.2) is 18.5 Å². The molecule has 11 nitrogen and oxygen atoms in total. The van der Waals surface area contributed by atoms with Crippen LogP contribution in [0.25, 0.3) is 5.52 Å². The first-order valence-electron chi connectivity index (χ1n) is 8.53. The van der Waals surface area contributed by atoms with E-state index in [1.54, 1.807) is 12.1 Å². The van der Waals surface area contributed by atoms with E-state index in [2.05, 4.69) is 10.1 Å². The van der Waals surface area contributed by atoms with Gasteiger partial charge in [-0.25, -0.2) is 9.50 Å². The van der Waals surface area contributed by atoms with Gasteiger partial charge in [-0.2, -0.15) is 5.10 Å². The molecular weight excluding hydrogens is 372 g/mol. The van der Waals surface area contributed by atoms with Gasteiger partial charge in [-0.1, -0.05) is 0 Å². The Morgan fingerprint density at radius 3 is 2.43 bits per heavy atom. The highest BCUT2D eigenvalue weighted by Gasteiger charge is 2.84. The van der Waals surface area contributed by atoms with E-state index in [-0.39, 0.29) is 5.82 Å². The van der Waals surface area contributed by atoms with Crippen LogP contribution in [-0.2, 0) is 33.3 Å². The number of anilines is 1. The second-order valence-electron chi connectivity index (χ2n) is 6.69. The Morgan fingerprint density at radius 2 is 1.79 bits per heavy atom. The summed E-state index contributed by atoms with van der Waals surface area (Å²) in [6.45, 7) is 3.67. The topological polar surface area (TPSA) is 144 Å². The van der Waals surface area contributed by atoms with Gasteiger partial charge in [-0.3, -0.25) is 14.4 Å². The Morgan fingerprint density at radius 1 is 1.11 bits per heavy atom. The molecule has 1 saturated heterocycles. The standard InChI is InChI=1S/C17H18N4O7/c1-7(22)25-13-12(10-4-5-11-16(18)19-6-20-21(10)11)27-15-14(26-8(2)23)17(13,15)28-9(3)24/h4-6,12-15H,1-3H3,(H2,18,19,20)/t12-,13-,14?,15+,17+/m0/s1. The van der Waals surface area contributed by atoms with Crippen molar-refractivity contribution >= 4 is 29.2 Å². The number of hydrogen-bond acceptors (Lipinski definition) is 10. The largest absolute Gasteiger partial charge is 0.455 e. The molecule has 2 aromatic rings. The number of fused-ring (bicyclic) bond motifs is 2. The Balaban J connectivity index is 1.77. The fraction of sp³-hybridized carbons (Fsp3) is 0.471. The third-order valence-corrected chi connectivity index (χ3v) is 4.78. The number of hydrogen-bond donors (Lipinski definition) is 1. The van der Waals surface area contributed by atoms with Crippen LogP contribution in [0.4, 0.5) is 5.82 Å². The van der Waals surface area contributed by atoms with Crippen molar-refractivity contribution in [2.45, 2.75) is 50.8 Å². The van der Waals surface area contributed by atoms with Crippen molar-refractivity contribution in [2.75, 3.05) is 5.73 Å². The van der Waals surface area contributed by atoms with E-state index in [0.29, 0.717) is 11.2 Å². The van der Waals surface area contributed by atoms with Crippen molar-refractivity contribution in [2.24, 2.45) is 0 Å². The number of aromatic nitrogens is 3. The molecule has 1 aliphatic carbocycles. The van der Waals surface area contributed by atoms with E-state index in [0.717, 1.165) is 0 Å². The van der Waals surface area contributed by atoms with E-state index in [1.807, 2.05) is 0 Å². The molecule has 1 saturated carbocycles. The molecule has 2 aliphatic rings. The first-order valence-corrected chi connectivity index (χ1v) is 8.53. The summed E-state index contributed by atoms with van der Waals surface area (Å²) < 4.78 is 23.7. The van der Waals surface area contributed by atoms with Crippen LogP contribution in [0.5, 0.6) is 0 Å². The van der Waals surface area contributed by atoms with E-state index in [9.17, 15) is 14.4 Å². The maximum atomic E-state index is 11.8. The lowest BCUT2D eigenvalue weighted by atomic mass is 10.0. The molecule has 0 bridgehead atoms. The Hall–Kier alpha value is -3.21. The summed E-state index contributed by atoms with van der Waals surface area (Å²) in [4.78, 5) is 38.9. The highest BCUT2D eigenvalue weighted by atomic mass is 16.7. The number of ether oxygens (including phenoxy) is 4. The molecule has 4 rings (SSSR count). The first kappa shape index (κ1) is 18.2. The molecule has 0 aromatic carbocycles. The smallest absolute Gasteiger partial charge is 0.303 e. The molecule has 28 heavy (non-hydrogen) atoms. The second-order valence-corrected chi connectivity index (χ2v) is 6.69. The monoisotopic (exact) mass is 390 g/mol. The van der Waals surface area contributed by atoms with Crippen LogP contribution in [0.3, 0.4) is 0 Å². The van der Waals surface area contributed by atoms with Crippen molar-refractivity contribution in [3.8, 4) is 0 Å². The minimum Gasteiger partial charge on any atom is -0.455 e. The zero-order chi connectivity index (χ0) is 20.2. The van der Waals surface area contributed by atoms with Crippen LogP contribution < -0.4 is 5.73 Å². The fourth-order valence-electron chi connectivity index (χ4n) is 3.79. The van der Waals surface area contributed by atoms with Gasteiger partial charge in [0.25, 0.3) is 0 Å². The molecule has 2 N–H and O–H groups in total. The van der Waals surface area contributed by atoms with Crippen LogP contribution in [-0.4, -0.2) is 56.4 Å². The second kappa shape index (κ2) is 6.16. The third kappa shape index (κ3) is 2.58. The molecule has 3 heterocycles. The molecule has 5 atom stereocenters. The highest BCUT2D eigenvalue weighted by Crippen LogP contribution is 2.60. The number of nitrogens with zero attached hydrogens (tertiary/aromatic N) is 3. The number of nitrogen functional groups attached to an aromatic ring is 1. The van der Waals surface area contributed by atoms with Gasteiger partial charge in [0.2, 0.25) is 5.60 Å². The summed E-state index contributed by atoms with van der Waals surface area (Å²) in [5.74, 6) is -1.52. The molecule has 1 unspecified atom stereocenters. The summed E-state index contributed by atoms with van der Waals surface area (Å²) in [7, 11) is 0. The molecular formula is C17H18N4O7. The number of carbonyl (C=O) groups excluding carboxylic acids is 3. The Kier molecular flexibility index (Phi) is 4.00. The van der Waals surface area contributed by atoms with Crippen LogP contribution in [0, 0.1) is 0 Å². The van der Waals surface area contributed by atoms with Crippen LogP contribution in [0.1, 0.15) is 32.6 Å². The maximum absolute atomic E-state index is 11.8. The van der Waals surface area contributed by atoms with Gasteiger partial charge >= 0.3 is 17.9 Å². The summed E-state index contributed by atoms with van der Waals surface area (Å²) in [6.07, 6.45) is -2.24. The van der Waals surface area contributed by atoms with Crippen molar-refractivity contribution in [3.05, 3.63) is 24.2 Å². The Bertz CT molecular complexity index is 989. The zero-order valence-electron chi connectivity index (χ0n) is 15.3. The lowest BCUT2D eigenvalue weighted by molar-refractivity contribution is -0.180. The molecule has 148 valence electrons. The lowest BCUT2D eigenvalue weighted by Gasteiger charge is -2.28. The predicted molar refractivity (Wildman–Crippen MR) is 90.6 cm³/mol. The van der Waals surface area contributed by atoms with E-state index >= 15 is 0 Å². The zero-order valence-corrected chi connectivity index (χ0v) is 15.3. The van der Waals surface area contributed by atoms with Crippen LogP contribution in [0.2, 0.25) is 0 Å². The van der Waals surface area contributed by atoms with Gasteiger partial charge < -0.3 is 24.7 Å². The van der Waals surface area contributed by atoms with Crippen molar-refractivity contribution in [1.82, 2.24) is 14.6 Å². The molecule has 2 fully saturated rings. The molecule has 11 heteroatoms. The summed E-state index contributed by atoms with van der Waals surface area (Å²) in [5.41, 5.74) is 5.51. The molecule has 0 amide bonds. The lowest BCUT2D eigenvalue weighted by Crippen LogP contribution is -2.42. The minimum absolute atomic E-state index is 0.265. The van der Waals surface area contributed by atoms with Crippen LogP contribution >= 0.6 is 0 Å². The molecule has 0 spiro atoms. The van der Waals surface area contributed by atoms with Crippen molar-refractivity contribution in [3.63, 3.8) is 0 Å². The summed E-state index contributed by atoms with van der Waals surface area (Å²) in [6, 6.07) is 3.40. The minimum atomic E-state index is -1.42. The number of esters is 3. The number of rotatable bonds is 4. The fourth-order valence-corrected chi connectivity index (χ4v) is 3.79. The third-order valence-electron chi connectivity index (χ3n) is 4.78. The van der Waals surface area contributed by atoms with E-state index < -0.39 is 47.9 Å². The quantitative estimate of drug-likeness (QED) is 0.556. The van der Waals surface area contributed by atoms with Gasteiger partial charge in [0, 0.05) is 20.8 Å². The van der Waals surface area contributed by atoms with Gasteiger partial charge in [-0.05, 0) is 12.1 Å². The maximum Gasteiger partial charge on any atom is 0.303 e. The first-order chi connectivity index (χ1) is 13.3. The highest BCUT2D eigenvalue weighted by molar-refractivity contribution is 5.71. The van der Waals surface area contributed by atoms with Gasteiger partial charge in [-0.15, -0.1) is 0 Å². The predicted octanol–water partition coefficient (Wildman–Crippen LogP) is -0.0697. The van der Waals surface area contributed by atoms with E-state index in [4.69, 9.17) is 24.7 Å². The molecule has 2 aromatic heterocycles. The average Bonchev–Trinajstić information content (AvgIpc) is 2.92. The number of nitrogens with two attached hydrogens (primary N) is 1. The van der Waals surface area contributed by atoms with Gasteiger partial charge in [0.05, 0.1) is 5.69 Å². The van der Waals surface area contributed by atoms with E-state index in [1.165, 1.54) is 31.6 Å². The average molecular weight is 390 g/mol. The van der Waals surface area contributed by atoms with Crippen molar-refractivity contribution < 1.29 is 33.3 Å². The normalized spacial score (nSPS) is 30.5. The Labute approximate surface area is 158 Å². The molecule has 1 aliphatic heterocycles. The summed E-state index contributed by atoms with van der Waals surface area (Å²) in [5, 5.41) is 4.16. The molecule has 0 radical (unpaired) electrons. The SMILES string of the molecule is CC(=O)OC1[C@H]2O[C@@H](c3ccc4c(N)ncnn34)[C@H](OC(C)=O)[C@@]12OC(C)=O. The van der Waals surface area contributed by atoms with Gasteiger partial charge in [0.1, 0.15) is 24.1 Å². The number of carbonyl (C=O) groups is 3. The summed E-state index contributed by atoms with van der Waals surface area (Å²) >= 11 is 0.